The van der Waals surface area contributed by atoms with Gasteiger partial charge in [-0.05, 0) is 45.1 Å². The van der Waals surface area contributed by atoms with Crippen molar-refractivity contribution < 1.29 is 9.47 Å². The number of nitrogens with one attached hydrogen (secondary N) is 1. The average Bonchev–Trinajstić information content (AvgIpc) is 2.29. The fraction of sp³-hybridized carbons (Fsp3) is 1.00. The minimum atomic E-state index is 0.470. The topological polar surface area (TPSA) is 30.5 Å². The molecule has 0 aromatic rings. The van der Waals surface area contributed by atoms with Crippen LogP contribution in [0.4, 0.5) is 0 Å². The Morgan fingerprint density at radius 3 is 2.93 bits per heavy atom. The molecule has 1 aliphatic rings. The SMILES string of the molecule is COCCCCCNCC1CCCCO1. The number of rotatable bonds is 8. The third-order valence-electron chi connectivity index (χ3n) is 2.85. The van der Waals surface area contributed by atoms with Crippen LogP contribution in [0.1, 0.15) is 38.5 Å². The number of methoxy groups -OCH3 is 1. The first-order valence-corrected chi connectivity index (χ1v) is 6.24. The molecule has 0 radical (unpaired) electrons. The first kappa shape index (κ1) is 12.9. The maximum atomic E-state index is 5.64. The molecule has 0 aliphatic carbocycles. The predicted molar refractivity (Wildman–Crippen MR) is 62.2 cm³/mol. The van der Waals surface area contributed by atoms with Crippen LogP contribution in [-0.4, -0.2) is 39.5 Å². The molecule has 0 bridgehead atoms. The molecule has 15 heavy (non-hydrogen) atoms. The average molecular weight is 215 g/mol. The smallest absolute Gasteiger partial charge is 0.0699 e. The minimum absolute atomic E-state index is 0.470. The van der Waals surface area contributed by atoms with E-state index in [2.05, 4.69) is 5.32 Å². The lowest BCUT2D eigenvalue weighted by Crippen LogP contribution is -2.32. The van der Waals surface area contributed by atoms with Crippen molar-refractivity contribution in [3.8, 4) is 0 Å². The van der Waals surface area contributed by atoms with Crippen molar-refractivity contribution in [2.45, 2.75) is 44.6 Å². The van der Waals surface area contributed by atoms with E-state index in [4.69, 9.17) is 9.47 Å². The van der Waals surface area contributed by atoms with Crippen LogP contribution in [0.3, 0.4) is 0 Å². The fourth-order valence-corrected chi connectivity index (χ4v) is 1.90. The summed E-state index contributed by atoms with van der Waals surface area (Å²) in [6.45, 7) is 4.00. The molecule has 1 heterocycles. The van der Waals surface area contributed by atoms with Crippen molar-refractivity contribution in [2.75, 3.05) is 33.4 Å². The van der Waals surface area contributed by atoms with E-state index in [0.717, 1.165) is 26.3 Å². The van der Waals surface area contributed by atoms with Gasteiger partial charge in [-0.2, -0.15) is 0 Å². The normalized spacial score (nSPS) is 21.8. The van der Waals surface area contributed by atoms with Gasteiger partial charge < -0.3 is 14.8 Å². The maximum Gasteiger partial charge on any atom is 0.0699 e. The summed E-state index contributed by atoms with van der Waals surface area (Å²) in [6, 6.07) is 0. The Balaban J connectivity index is 1.79. The summed E-state index contributed by atoms with van der Waals surface area (Å²) in [5, 5.41) is 3.47. The highest BCUT2D eigenvalue weighted by atomic mass is 16.5. The van der Waals surface area contributed by atoms with Crippen molar-refractivity contribution >= 4 is 0 Å². The molecule has 0 aromatic heterocycles. The van der Waals surface area contributed by atoms with Gasteiger partial charge in [0.1, 0.15) is 0 Å². The molecule has 3 nitrogen and oxygen atoms in total. The molecule has 1 N–H and O–H groups in total. The van der Waals surface area contributed by atoms with E-state index in [1.807, 2.05) is 0 Å². The van der Waals surface area contributed by atoms with E-state index in [-0.39, 0.29) is 0 Å². The van der Waals surface area contributed by atoms with Crippen LogP contribution in [-0.2, 0) is 9.47 Å². The second kappa shape index (κ2) is 9.13. The van der Waals surface area contributed by atoms with E-state index in [1.165, 1.54) is 38.5 Å². The van der Waals surface area contributed by atoms with Crippen LogP contribution < -0.4 is 5.32 Å². The molecule has 0 amide bonds. The summed E-state index contributed by atoms with van der Waals surface area (Å²) in [7, 11) is 1.76. The first-order valence-electron chi connectivity index (χ1n) is 6.24. The van der Waals surface area contributed by atoms with Crippen molar-refractivity contribution in [3.63, 3.8) is 0 Å². The van der Waals surface area contributed by atoms with Gasteiger partial charge in [0.25, 0.3) is 0 Å². The van der Waals surface area contributed by atoms with E-state index < -0.39 is 0 Å². The van der Waals surface area contributed by atoms with Crippen LogP contribution in [0.15, 0.2) is 0 Å². The molecule has 1 aliphatic heterocycles. The number of unbranched alkanes of at least 4 members (excludes halogenated alkanes) is 2. The lowest BCUT2D eigenvalue weighted by Gasteiger charge is -2.22. The van der Waals surface area contributed by atoms with Crippen molar-refractivity contribution in [2.24, 2.45) is 0 Å². The monoisotopic (exact) mass is 215 g/mol. The van der Waals surface area contributed by atoms with Gasteiger partial charge in [0.2, 0.25) is 0 Å². The maximum absolute atomic E-state index is 5.64. The standard InChI is InChI=1S/C12H25NO2/c1-14-9-5-2-4-8-13-11-12-7-3-6-10-15-12/h12-13H,2-11H2,1H3. The molecule has 1 atom stereocenters. The molecule has 0 aromatic carbocycles. The molecule has 1 saturated heterocycles. The molecule has 1 fully saturated rings. The zero-order chi connectivity index (χ0) is 10.8. The second-order valence-corrected chi connectivity index (χ2v) is 4.25. The Hall–Kier alpha value is -0.120. The summed E-state index contributed by atoms with van der Waals surface area (Å²) in [6.07, 6.45) is 7.96. The molecule has 3 heteroatoms. The number of hydrogen-bond acceptors (Lipinski definition) is 3. The summed E-state index contributed by atoms with van der Waals surface area (Å²) in [4.78, 5) is 0. The van der Waals surface area contributed by atoms with Gasteiger partial charge in [0.15, 0.2) is 0 Å². The molecule has 1 unspecified atom stereocenters. The van der Waals surface area contributed by atoms with Crippen molar-refractivity contribution in [1.29, 1.82) is 0 Å². The Kier molecular flexibility index (Phi) is 7.88. The Morgan fingerprint density at radius 1 is 1.27 bits per heavy atom. The highest BCUT2D eigenvalue weighted by molar-refractivity contribution is 4.66. The van der Waals surface area contributed by atoms with Gasteiger partial charge in [-0.1, -0.05) is 0 Å². The zero-order valence-corrected chi connectivity index (χ0v) is 9.96. The zero-order valence-electron chi connectivity index (χ0n) is 9.96. The van der Waals surface area contributed by atoms with Crippen molar-refractivity contribution in [1.82, 2.24) is 5.32 Å². The Morgan fingerprint density at radius 2 is 2.20 bits per heavy atom. The van der Waals surface area contributed by atoms with Gasteiger partial charge in [-0.15, -0.1) is 0 Å². The van der Waals surface area contributed by atoms with Crippen LogP contribution in [0.5, 0.6) is 0 Å². The molecule has 90 valence electrons. The highest BCUT2D eigenvalue weighted by Crippen LogP contribution is 2.11. The third kappa shape index (κ3) is 6.88. The van der Waals surface area contributed by atoms with E-state index in [9.17, 15) is 0 Å². The number of ether oxygens (including phenoxy) is 2. The quantitative estimate of drug-likeness (QED) is 0.628. The number of hydrogen-bond donors (Lipinski definition) is 1. The minimum Gasteiger partial charge on any atom is -0.385 e. The van der Waals surface area contributed by atoms with Gasteiger partial charge in [0.05, 0.1) is 6.10 Å². The Bertz CT molecular complexity index is 136. The molecular weight excluding hydrogens is 190 g/mol. The summed E-state index contributed by atoms with van der Waals surface area (Å²) in [5.74, 6) is 0. The van der Waals surface area contributed by atoms with Crippen LogP contribution >= 0.6 is 0 Å². The van der Waals surface area contributed by atoms with Crippen LogP contribution in [0, 0.1) is 0 Å². The summed E-state index contributed by atoms with van der Waals surface area (Å²) >= 11 is 0. The second-order valence-electron chi connectivity index (χ2n) is 4.25. The lowest BCUT2D eigenvalue weighted by atomic mass is 10.1. The molecule has 0 saturated carbocycles. The van der Waals surface area contributed by atoms with E-state index in [0.29, 0.717) is 6.10 Å². The largest absolute Gasteiger partial charge is 0.385 e. The third-order valence-corrected chi connectivity index (χ3v) is 2.85. The van der Waals surface area contributed by atoms with Gasteiger partial charge in [-0.3, -0.25) is 0 Å². The molecular formula is C12H25NO2. The summed E-state index contributed by atoms with van der Waals surface area (Å²) < 4.78 is 10.6. The summed E-state index contributed by atoms with van der Waals surface area (Å²) in [5.41, 5.74) is 0. The molecule has 1 rings (SSSR count). The van der Waals surface area contributed by atoms with Gasteiger partial charge in [-0.25, -0.2) is 0 Å². The van der Waals surface area contributed by atoms with Gasteiger partial charge in [0, 0.05) is 26.9 Å². The van der Waals surface area contributed by atoms with Crippen LogP contribution in [0.2, 0.25) is 0 Å². The highest BCUT2D eigenvalue weighted by Gasteiger charge is 2.12. The fourth-order valence-electron chi connectivity index (χ4n) is 1.90. The van der Waals surface area contributed by atoms with Crippen molar-refractivity contribution in [3.05, 3.63) is 0 Å². The van der Waals surface area contributed by atoms with E-state index in [1.54, 1.807) is 7.11 Å². The van der Waals surface area contributed by atoms with Crippen LogP contribution in [0.25, 0.3) is 0 Å². The molecule has 0 spiro atoms. The first-order chi connectivity index (χ1) is 7.43. The van der Waals surface area contributed by atoms with Gasteiger partial charge >= 0.3 is 0 Å². The van der Waals surface area contributed by atoms with E-state index >= 15 is 0 Å². The lowest BCUT2D eigenvalue weighted by molar-refractivity contribution is 0.0170. The predicted octanol–water partition coefficient (Wildman–Crippen LogP) is 1.96. The Labute approximate surface area is 93.5 Å².